The van der Waals surface area contributed by atoms with E-state index in [1.54, 1.807) is 18.0 Å². The highest BCUT2D eigenvalue weighted by Crippen LogP contribution is 2.18. The van der Waals surface area contributed by atoms with Crippen molar-refractivity contribution in [2.75, 3.05) is 13.6 Å². The van der Waals surface area contributed by atoms with Crippen molar-refractivity contribution in [1.29, 1.82) is 0 Å². The van der Waals surface area contributed by atoms with E-state index in [-0.39, 0.29) is 16.5 Å². The van der Waals surface area contributed by atoms with Crippen molar-refractivity contribution in [1.82, 2.24) is 4.90 Å². The number of nitrogens with zero attached hydrogens (tertiary/aromatic N) is 1. The molecule has 0 saturated carbocycles. The highest BCUT2D eigenvalue weighted by Gasteiger charge is 2.15. The van der Waals surface area contributed by atoms with E-state index < -0.39 is 5.91 Å². The van der Waals surface area contributed by atoms with Crippen LogP contribution in [0.5, 0.6) is 0 Å². The Morgan fingerprint density at radius 2 is 1.87 bits per heavy atom. The summed E-state index contributed by atoms with van der Waals surface area (Å²) >= 11 is 6.00. The summed E-state index contributed by atoms with van der Waals surface area (Å²) in [6.07, 6.45) is 0.780. The molecule has 0 bridgehead atoms. The van der Waals surface area contributed by atoms with Gasteiger partial charge in [-0.1, -0.05) is 35.9 Å². The molecule has 0 aromatic heterocycles. The topological polar surface area (TPSA) is 63.4 Å². The van der Waals surface area contributed by atoms with Crippen LogP contribution in [0, 0.1) is 6.92 Å². The van der Waals surface area contributed by atoms with E-state index in [0.29, 0.717) is 12.1 Å². The summed E-state index contributed by atoms with van der Waals surface area (Å²) in [4.78, 5) is 25.2. The minimum absolute atomic E-state index is 0.142. The maximum atomic E-state index is 12.4. The molecule has 2 amide bonds. The number of benzene rings is 2. The van der Waals surface area contributed by atoms with E-state index in [4.69, 9.17) is 17.3 Å². The Morgan fingerprint density at radius 1 is 1.17 bits per heavy atom. The van der Waals surface area contributed by atoms with Gasteiger partial charge < -0.3 is 10.6 Å². The first-order valence-corrected chi connectivity index (χ1v) is 7.67. The molecule has 0 saturated heterocycles. The average molecular weight is 331 g/mol. The Balaban J connectivity index is 2.06. The van der Waals surface area contributed by atoms with Gasteiger partial charge in [-0.05, 0) is 42.7 Å². The normalized spacial score (nSPS) is 10.4. The molecule has 23 heavy (non-hydrogen) atoms. The Morgan fingerprint density at radius 3 is 2.48 bits per heavy atom. The van der Waals surface area contributed by atoms with Gasteiger partial charge in [-0.3, -0.25) is 9.59 Å². The zero-order chi connectivity index (χ0) is 17.0. The Labute approximate surface area is 140 Å². The van der Waals surface area contributed by atoms with Gasteiger partial charge in [0.25, 0.3) is 5.91 Å². The Kier molecular flexibility index (Phi) is 5.40. The molecule has 0 spiro atoms. The average Bonchev–Trinajstić information content (AvgIpc) is 2.52. The molecular weight excluding hydrogens is 312 g/mol. The molecular formula is C18H19ClN2O2. The number of nitrogens with two attached hydrogens (primary N) is 1. The van der Waals surface area contributed by atoms with E-state index in [2.05, 4.69) is 19.1 Å². The first kappa shape index (κ1) is 17.0. The molecule has 0 aliphatic heterocycles. The highest BCUT2D eigenvalue weighted by molar-refractivity contribution is 6.34. The maximum absolute atomic E-state index is 12.4. The molecule has 0 unspecified atom stereocenters. The van der Waals surface area contributed by atoms with Gasteiger partial charge in [0.15, 0.2) is 0 Å². The smallest absolute Gasteiger partial charge is 0.253 e. The summed E-state index contributed by atoms with van der Waals surface area (Å²) in [6.45, 7) is 2.65. The van der Waals surface area contributed by atoms with E-state index >= 15 is 0 Å². The van der Waals surface area contributed by atoms with Crippen molar-refractivity contribution in [3.8, 4) is 0 Å². The molecule has 120 valence electrons. The van der Waals surface area contributed by atoms with Crippen LogP contribution in [0.2, 0.25) is 5.02 Å². The monoisotopic (exact) mass is 330 g/mol. The van der Waals surface area contributed by atoms with Gasteiger partial charge in [-0.15, -0.1) is 0 Å². The fraction of sp³-hybridized carbons (Fsp3) is 0.222. The van der Waals surface area contributed by atoms with Crippen molar-refractivity contribution in [3.63, 3.8) is 0 Å². The first-order valence-electron chi connectivity index (χ1n) is 7.29. The molecule has 0 aliphatic carbocycles. The SMILES string of the molecule is Cc1ccccc1CCN(C)C(=O)c1ccc(C(N)=O)c(Cl)c1. The Hall–Kier alpha value is -2.33. The number of halogens is 1. The fourth-order valence-electron chi connectivity index (χ4n) is 2.35. The molecule has 5 heteroatoms. The van der Waals surface area contributed by atoms with Crippen LogP contribution in [0.1, 0.15) is 31.8 Å². The van der Waals surface area contributed by atoms with E-state index in [1.165, 1.54) is 23.3 Å². The number of carbonyl (C=O) groups excluding carboxylic acids is 2. The molecule has 0 fully saturated rings. The third-order valence-electron chi connectivity index (χ3n) is 3.81. The molecule has 4 nitrogen and oxygen atoms in total. The van der Waals surface area contributed by atoms with Crippen LogP contribution < -0.4 is 5.73 Å². The number of hydrogen-bond acceptors (Lipinski definition) is 2. The van der Waals surface area contributed by atoms with Gasteiger partial charge in [0, 0.05) is 19.2 Å². The van der Waals surface area contributed by atoms with Crippen molar-refractivity contribution >= 4 is 23.4 Å². The fourth-order valence-corrected chi connectivity index (χ4v) is 2.62. The summed E-state index contributed by atoms with van der Waals surface area (Å²) in [7, 11) is 1.75. The standard InChI is InChI=1S/C18H19ClN2O2/c1-12-5-3-4-6-13(12)9-10-21(2)18(23)14-7-8-15(17(20)22)16(19)11-14/h3-8,11H,9-10H2,1-2H3,(H2,20,22). The van der Waals surface area contributed by atoms with Crippen molar-refractivity contribution in [3.05, 3.63) is 69.7 Å². The van der Waals surface area contributed by atoms with Crippen molar-refractivity contribution in [2.24, 2.45) is 5.73 Å². The first-order chi connectivity index (χ1) is 10.9. The molecule has 0 atom stereocenters. The van der Waals surface area contributed by atoms with Gasteiger partial charge in [0.05, 0.1) is 10.6 Å². The molecule has 2 aromatic carbocycles. The Bertz CT molecular complexity index is 744. The number of hydrogen-bond donors (Lipinski definition) is 1. The number of primary amides is 1. The second kappa shape index (κ2) is 7.29. The minimum Gasteiger partial charge on any atom is -0.366 e. The summed E-state index contributed by atoms with van der Waals surface area (Å²) < 4.78 is 0. The lowest BCUT2D eigenvalue weighted by atomic mass is 10.1. The summed E-state index contributed by atoms with van der Waals surface area (Å²) in [5.74, 6) is -0.751. The van der Waals surface area contributed by atoms with Crippen LogP contribution >= 0.6 is 11.6 Å². The quantitative estimate of drug-likeness (QED) is 0.915. The largest absolute Gasteiger partial charge is 0.366 e. The van der Waals surface area contributed by atoms with Crippen LogP contribution in [0.3, 0.4) is 0 Å². The van der Waals surface area contributed by atoms with E-state index in [1.807, 2.05) is 12.1 Å². The molecule has 2 aromatic rings. The lowest BCUT2D eigenvalue weighted by Crippen LogP contribution is -2.29. The van der Waals surface area contributed by atoms with Gasteiger partial charge in [0.2, 0.25) is 5.91 Å². The van der Waals surface area contributed by atoms with Gasteiger partial charge in [-0.25, -0.2) is 0 Å². The lowest BCUT2D eigenvalue weighted by molar-refractivity contribution is 0.0796. The lowest BCUT2D eigenvalue weighted by Gasteiger charge is -2.18. The van der Waals surface area contributed by atoms with Crippen LogP contribution in [0.4, 0.5) is 0 Å². The van der Waals surface area contributed by atoms with Gasteiger partial charge in [0.1, 0.15) is 0 Å². The number of carbonyl (C=O) groups is 2. The molecule has 0 aliphatic rings. The van der Waals surface area contributed by atoms with Crippen molar-refractivity contribution in [2.45, 2.75) is 13.3 Å². The second-order valence-corrected chi connectivity index (χ2v) is 5.87. The van der Waals surface area contributed by atoms with Crippen LogP contribution in [-0.2, 0) is 6.42 Å². The molecule has 0 radical (unpaired) electrons. The number of likely N-dealkylation sites (N-methyl/N-ethyl adjacent to an activating group) is 1. The highest BCUT2D eigenvalue weighted by atomic mass is 35.5. The summed E-state index contributed by atoms with van der Waals surface area (Å²) in [5, 5.41) is 0.190. The summed E-state index contributed by atoms with van der Waals surface area (Å²) in [6, 6.07) is 12.6. The number of rotatable bonds is 5. The zero-order valence-electron chi connectivity index (χ0n) is 13.2. The second-order valence-electron chi connectivity index (χ2n) is 5.46. The molecule has 2 rings (SSSR count). The van der Waals surface area contributed by atoms with Gasteiger partial charge >= 0.3 is 0 Å². The van der Waals surface area contributed by atoms with Crippen LogP contribution in [0.15, 0.2) is 42.5 Å². The molecule has 0 heterocycles. The zero-order valence-corrected chi connectivity index (χ0v) is 13.9. The summed E-state index contributed by atoms with van der Waals surface area (Å²) in [5.41, 5.74) is 8.29. The predicted molar refractivity (Wildman–Crippen MR) is 91.8 cm³/mol. The number of aryl methyl sites for hydroxylation is 1. The minimum atomic E-state index is -0.609. The number of amides is 2. The van der Waals surface area contributed by atoms with E-state index in [9.17, 15) is 9.59 Å². The van der Waals surface area contributed by atoms with Crippen LogP contribution in [-0.4, -0.2) is 30.3 Å². The molecule has 2 N–H and O–H groups in total. The van der Waals surface area contributed by atoms with Gasteiger partial charge in [-0.2, -0.15) is 0 Å². The maximum Gasteiger partial charge on any atom is 0.253 e. The third-order valence-corrected chi connectivity index (χ3v) is 4.12. The third kappa shape index (κ3) is 4.11. The van der Waals surface area contributed by atoms with E-state index in [0.717, 1.165) is 6.42 Å². The van der Waals surface area contributed by atoms with Crippen molar-refractivity contribution < 1.29 is 9.59 Å². The predicted octanol–water partition coefficient (Wildman–Crippen LogP) is 3.06. The van der Waals surface area contributed by atoms with Crippen LogP contribution in [0.25, 0.3) is 0 Å².